The van der Waals surface area contributed by atoms with Gasteiger partial charge in [-0.3, -0.25) is 4.79 Å². The van der Waals surface area contributed by atoms with Crippen molar-refractivity contribution in [3.63, 3.8) is 0 Å². The summed E-state index contributed by atoms with van der Waals surface area (Å²) in [5.74, 6) is 1.63. The topological polar surface area (TPSA) is 56.8 Å². The molecule has 0 bridgehead atoms. The lowest BCUT2D eigenvalue weighted by molar-refractivity contribution is 0.0949. The van der Waals surface area contributed by atoms with E-state index in [0.29, 0.717) is 35.3 Å². The van der Waals surface area contributed by atoms with Crippen LogP contribution in [0.15, 0.2) is 36.4 Å². The molecule has 0 saturated heterocycles. The van der Waals surface area contributed by atoms with Crippen molar-refractivity contribution >= 4 is 5.91 Å². The number of ether oxygens (including phenoxy) is 3. The molecule has 2 aromatic rings. The zero-order valence-corrected chi connectivity index (χ0v) is 15.5. The van der Waals surface area contributed by atoms with Gasteiger partial charge in [0.1, 0.15) is 0 Å². The fourth-order valence-corrected chi connectivity index (χ4v) is 3.60. The molecule has 1 aliphatic carbocycles. The minimum Gasteiger partial charge on any atom is -0.493 e. The van der Waals surface area contributed by atoms with E-state index in [1.165, 1.54) is 25.3 Å². The molecule has 26 heavy (non-hydrogen) atoms. The summed E-state index contributed by atoms with van der Waals surface area (Å²) in [5.41, 5.74) is 3.23. The van der Waals surface area contributed by atoms with Crippen LogP contribution in [0.5, 0.6) is 17.2 Å². The van der Waals surface area contributed by atoms with Crippen LogP contribution in [-0.4, -0.2) is 33.8 Å². The highest BCUT2D eigenvalue weighted by Gasteiger charge is 2.21. The van der Waals surface area contributed by atoms with Gasteiger partial charge in [0.05, 0.1) is 21.3 Å². The van der Waals surface area contributed by atoms with Gasteiger partial charge >= 0.3 is 0 Å². The number of amides is 1. The van der Waals surface area contributed by atoms with Crippen LogP contribution in [0.25, 0.3) is 0 Å². The zero-order valence-electron chi connectivity index (χ0n) is 15.5. The van der Waals surface area contributed by atoms with Gasteiger partial charge in [-0.05, 0) is 42.5 Å². The first kappa shape index (κ1) is 18.1. The van der Waals surface area contributed by atoms with Crippen LogP contribution >= 0.6 is 0 Å². The maximum Gasteiger partial charge on any atom is 0.251 e. The molecule has 0 spiro atoms. The molecular formula is C21H25NO4. The highest BCUT2D eigenvalue weighted by atomic mass is 16.5. The number of aryl methyl sites for hydroxylation is 1. The van der Waals surface area contributed by atoms with E-state index in [4.69, 9.17) is 14.2 Å². The summed E-state index contributed by atoms with van der Waals surface area (Å²) in [6, 6.07) is 11.8. The predicted octanol–water partition coefficient (Wildman–Crippen LogP) is 3.56. The van der Waals surface area contributed by atoms with E-state index in [1.54, 1.807) is 19.2 Å². The van der Waals surface area contributed by atoms with Gasteiger partial charge in [-0.15, -0.1) is 0 Å². The van der Waals surface area contributed by atoms with E-state index in [2.05, 4.69) is 29.6 Å². The monoisotopic (exact) mass is 355 g/mol. The zero-order chi connectivity index (χ0) is 18.5. The van der Waals surface area contributed by atoms with Crippen molar-refractivity contribution in [2.75, 3.05) is 27.9 Å². The van der Waals surface area contributed by atoms with Crippen LogP contribution in [-0.2, 0) is 6.42 Å². The second-order valence-corrected chi connectivity index (χ2v) is 6.41. The fraction of sp³-hybridized carbons (Fsp3) is 0.381. The Labute approximate surface area is 154 Å². The van der Waals surface area contributed by atoms with Gasteiger partial charge in [-0.25, -0.2) is 0 Å². The van der Waals surface area contributed by atoms with Gasteiger partial charge in [0.2, 0.25) is 5.75 Å². The highest BCUT2D eigenvalue weighted by molar-refractivity contribution is 5.95. The summed E-state index contributed by atoms with van der Waals surface area (Å²) < 4.78 is 16.0. The average molecular weight is 355 g/mol. The quantitative estimate of drug-likeness (QED) is 0.861. The molecule has 0 aliphatic heterocycles. The third kappa shape index (κ3) is 3.62. The first-order valence-corrected chi connectivity index (χ1v) is 8.84. The molecule has 0 fully saturated rings. The lowest BCUT2D eigenvalue weighted by Crippen LogP contribution is -2.30. The van der Waals surface area contributed by atoms with Crippen LogP contribution in [0, 0.1) is 0 Å². The molecule has 0 aromatic heterocycles. The predicted molar refractivity (Wildman–Crippen MR) is 101 cm³/mol. The molecule has 1 N–H and O–H groups in total. The van der Waals surface area contributed by atoms with Crippen LogP contribution in [0.3, 0.4) is 0 Å². The lowest BCUT2D eigenvalue weighted by Gasteiger charge is -2.25. The number of carbonyl (C=O) groups excluding carboxylic acids is 1. The van der Waals surface area contributed by atoms with Crippen molar-refractivity contribution < 1.29 is 19.0 Å². The summed E-state index contributed by atoms with van der Waals surface area (Å²) >= 11 is 0. The SMILES string of the molecule is COc1cc(C(=O)NCC2CCCc3ccccc32)cc(OC)c1OC. The maximum absolute atomic E-state index is 12.7. The molecular weight excluding hydrogens is 330 g/mol. The van der Waals surface area contributed by atoms with E-state index >= 15 is 0 Å². The summed E-state index contributed by atoms with van der Waals surface area (Å²) in [6.45, 7) is 0.618. The smallest absolute Gasteiger partial charge is 0.251 e. The first-order chi connectivity index (χ1) is 12.7. The Kier molecular flexibility index (Phi) is 5.66. The third-order valence-corrected chi connectivity index (χ3v) is 4.93. The van der Waals surface area contributed by atoms with Gasteiger partial charge in [-0.1, -0.05) is 24.3 Å². The number of hydrogen-bond acceptors (Lipinski definition) is 4. The van der Waals surface area contributed by atoms with Gasteiger partial charge < -0.3 is 19.5 Å². The van der Waals surface area contributed by atoms with Crippen molar-refractivity contribution in [2.24, 2.45) is 0 Å². The average Bonchev–Trinajstić information content (AvgIpc) is 2.70. The van der Waals surface area contributed by atoms with Crippen molar-refractivity contribution in [1.29, 1.82) is 0 Å². The van der Waals surface area contributed by atoms with Gasteiger partial charge in [0, 0.05) is 18.0 Å². The molecule has 2 aromatic carbocycles. The van der Waals surface area contributed by atoms with Crippen molar-refractivity contribution in [3.05, 3.63) is 53.1 Å². The molecule has 0 heterocycles. The molecule has 1 aliphatic rings. The summed E-state index contributed by atoms with van der Waals surface area (Å²) in [5, 5.41) is 3.06. The van der Waals surface area contributed by atoms with Crippen LogP contribution in [0.4, 0.5) is 0 Å². The largest absolute Gasteiger partial charge is 0.493 e. The van der Waals surface area contributed by atoms with Crippen LogP contribution in [0.2, 0.25) is 0 Å². The molecule has 5 nitrogen and oxygen atoms in total. The lowest BCUT2D eigenvalue weighted by atomic mass is 9.83. The molecule has 0 saturated carbocycles. The van der Waals surface area contributed by atoms with E-state index in [-0.39, 0.29) is 5.91 Å². The Morgan fingerprint density at radius 1 is 1.08 bits per heavy atom. The number of benzene rings is 2. The number of carbonyl (C=O) groups is 1. The molecule has 5 heteroatoms. The fourth-order valence-electron chi connectivity index (χ4n) is 3.60. The van der Waals surface area contributed by atoms with E-state index in [1.807, 2.05) is 0 Å². The number of fused-ring (bicyclic) bond motifs is 1. The number of methoxy groups -OCH3 is 3. The Hall–Kier alpha value is -2.69. The van der Waals surface area contributed by atoms with Crippen LogP contribution < -0.4 is 19.5 Å². The Bertz CT molecular complexity index is 762. The van der Waals surface area contributed by atoms with Crippen molar-refractivity contribution in [2.45, 2.75) is 25.2 Å². The van der Waals surface area contributed by atoms with Crippen molar-refractivity contribution in [1.82, 2.24) is 5.32 Å². The molecule has 138 valence electrons. The second-order valence-electron chi connectivity index (χ2n) is 6.41. The van der Waals surface area contributed by atoms with Gasteiger partial charge in [0.25, 0.3) is 5.91 Å². The molecule has 3 rings (SSSR count). The summed E-state index contributed by atoms with van der Waals surface area (Å²) in [6.07, 6.45) is 3.36. The molecule has 1 amide bonds. The second kappa shape index (κ2) is 8.13. The van der Waals surface area contributed by atoms with E-state index in [0.717, 1.165) is 19.3 Å². The third-order valence-electron chi connectivity index (χ3n) is 4.93. The Morgan fingerprint density at radius 3 is 2.42 bits per heavy atom. The molecule has 1 atom stereocenters. The van der Waals surface area contributed by atoms with Gasteiger partial charge in [-0.2, -0.15) is 0 Å². The van der Waals surface area contributed by atoms with Gasteiger partial charge in [0.15, 0.2) is 11.5 Å². The minimum absolute atomic E-state index is 0.146. The Balaban J connectivity index is 1.75. The Morgan fingerprint density at radius 2 is 1.77 bits per heavy atom. The van der Waals surface area contributed by atoms with Crippen molar-refractivity contribution in [3.8, 4) is 17.2 Å². The minimum atomic E-state index is -0.146. The van der Waals surface area contributed by atoms with E-state index < -0.39 is 0 Å². The highest BCUT2D eigenvalue weighted by Crippen LogP contribution is 2.38. The molecule has 1 unspecified atom stereocenters. The normalized spacial score (nSPS) is 15.7. The summed E-state index contributed by atoms with van der Waals surface area (Å²) in [4.78, 5) is 12.7. The molecule has 0 radical (unpaired) electrons. The summed E-state index contributed by atoms with van der Waals surface area (Å²) in [7, 11) is 4.62. The standard InChI is InChI=1S/C21H25NO4/c1-24-18-11-16(12-19(25-2)20(18)26-3)21(23)22-13-15-9-6-8-14-7-4-5-10-17(14)15/h4-5,7,10-12,15H,6,8-9,13H2,1-3H3,(H,22,23). The maximum atomic E-state index is 12.7. The number of hydrogen-bond donors (Lipinski definition) is 1. The first-order valence-electron chi connectivity index (χ1n) is 8.84. The van der Waals surface area contributed by atoms with E-state index in [9.17, 15) is 4.79 Å². The number of nitrogens with one attached hydrogen (secondary N) is 1. The van der Waals surface area contributed by atoms with Crippen LogP contribution in [0.1, 0.15) is 40.2 Å². The number of rotatable bonds is 6.